The molecule has 19 heavy (non-hydrogen) atoms. The minimum atomic E-state index is -0.810. The van der Waals surface area contributed by atoms with E-state index >= 15 is 0 Å². The van der Waals surface area contributed by atoms with E-state index in [1.54, 1.807) is 30.1 Å². The molecule has 1 saturated heterocycles. The van der Waals surface area contributed by atoms with Gasteiger partial charge in [0, 0.05) is 9.75 Å². The molecule has 104 valence electrons. The van der Waals surface area contributed by atoms with Crippen LogP contribution >= 0.6 is 11.3 Å². The molecule has 0 aliphatic carbocycles. The molecule has 1 aromatic heterocycles. The zero-order valence-corrected chi connectivity index (χ0v) is 12.6. The topological polar surface area (TPSA) is 49.4 Å². The molecule has 0 radical (unpaired) electrons. The molecule has 1 aliphatic heterocycles. The summed E-state index contributed by atoms with van der Waals surface area (Å²) in [6, 6.07) is 3.71. The molecule has 2 heterocycles. The predicted octanol–water partition coefficient (Wildman–Crippen LogP) is 2.07. The van der Waals surface area contributed by atoms with E-state index in [1.807, 2.05) is 26.0 Å². The number of nitrogens with zero attached hydrogens (tertiary/aromatic N) is 1. The first-order chi connectivity index (χ1) is 8.85. The quantitative estimate of drug-likeness (QED) is 0.921. The van der Waals surface area contributed by atoms with Crippen LogP contribution in [0, 0.1) is 6.92 Å². The van der Waals surface area contributed by atoms with Gasteiger partial charge in [-0.1, -0.05) is 6.92 Å². The first-order valence-electron chi connectivity index (χ1n) is 6.53. The highest BCUT2D eigenvalue weighted by atomic mass is 32.1. The summed E-state index contributed by atoms with van der Waals surface area (Å²) in [6.07, 6.45) is 0.637. The first-order valence-corrected chi connectivity index (χ1v) is 7.35. The summed E-state index contributed by atoms with van der Waals surface area (Å²) in [5, 5.41) is 2.80. The van der Waals surface area contributed by atoms with Gasteiger partial charge < -0.3 is 10.2 Å². The van der Waals surface area contributed by atoms with Gasteiger partial charge in [-0.15, -0.1) is 11.3 Å². The number of nitrogens with one attached hydrogen (secondary N) is 1. The number of hydrogen-bond donors (Lipinski definition) is 1. The van der Waals surface area contributed by atoms with Gasteiger partial charge in [0.25, 0.3) is 0 Å². The van der Waals surface area contributed by atoms with Crippen LogP contribution in [0.5, 0.6) is 0 Å². The summed E-state index contributed by atoms with van der Waals surface area (Å²) >= 11 is 1.67. The van der Waals surface area contributed by atoms with Gasteiger partial charge >= 0.3 is 0 Å². The molecule has 5 heteroatoms. The van der Waals surface area contributed by atoms with Gasteiger partial charge in [-0.05, 0) is 39.3 Å². The Morgan fingerprint density at radius 3 is 2.58 bits per heavy atom. The van der Waals surface area contributed by atoms with E-state index in [9.17, 15) is 9.59 Å². The Morgan fingerprint density at radius 1 is 1.37 bits per heavy atom. The molecule has 1 unspecified atom stereocenters. The zero-order chi connectivity index (χ0) is 14.2. The van der Waals surface area contributed by atoms with Crippen molar-refractivity contribution in [3.05, 3.63) is 21.9 Å². The van der Waals surface area contributed by atoms with Crippen molar-refractivity contribution in [2.45, 2.75) is 52.2 Å². The molecule has 1 atom stereocenters. The number of carbonyl (C=O) groups is 2. The molecule has 1 aromatic rings. The van der Waals surface area contributed by atoms with E-state index in [-0.39, 0.29) is 17.9 Å². The maximum Gasteiger partial charge on any atom is 0.248 e. The highest BCUT2D eigenvalue weighted by Crippen LogP contribution is 2.25. The molecule has 2 rings (SSSR count). The average molecular weight is 280 g/mol. The fourth-order valence-corrected chi connectivity index (χ4v) is 3.30. The van der Waals surface area contributed by atoms with Crippen molar-refractivity contribution >= 4 is 23.2 Å². The fraction of sp³-hybridized carbons (Fsp3) is 0.571. The third-order valence-electron chi connectivity index (χ3n) is 3.42. The van der Waals surface area contributed by atoms with Crippen molar-refractivity contribution in [2.75, 3.05) is 0 Å². The van der Waals surface area contributed by atoms with Gasteiger partial charge in [0.1, 0.15) is 11.6 Å². The van der Waals surface area contributed by atoms with Crippen LogP contribution in [0.2, 0.25) is 0 Å². The minimum Gasteiger partial charge on any atom is -0.340 e. The van der Waals surface area contributed by atoms with Crippen LogP contribution in [0.4, 0.5) is 0 Å². The smallest absolute Gasteiger partial charge is 0.248 e. The van der Waals surface area contributed by atoms with Gasteiger partial charge in [0.05, 0.1) is 6.54 Å². The molecule has 1 fully saturated rings. The van der Waals surface area contributed by atoms with Crippen LogP contribution in [0.3, 0.4) is 0 Å². The zero-order valence-electron chi connectivity index (χ0n) is 11.8. The maximum atomic E-state index is 12.5. The molecule has 0 spiro atoms. The van der Waals surface area contributed by atoms with E-state index in [2.05, 4.69) is 5.32 Å². The van der Waals surface area contributed by atoms with Crippen molar-refractivity contribution in [1.29, 1.82) is 0 Å². The van der Waals surface area contributed by atoms with Crippen molar-refractivity contribution in [3.63, 3.8) is 0 Å². The molecular weight excluding hydrogens is 260 g/mol. The molecule has 1 N–H and O–H groups in total. The Bertz CT molecular complexity index is 507. The normalized spacial score (nSPS) is 22.5. The number of piperazine rings is 1. The molecule has 2 amide bonds. The first kappa shape index (κ1) is 14.1. The Labute approximate surface area is 117 Å². The molecule has 4 nitrogen and oxygen atoms in total. The lowest BCUT2D eigenvalue weighted by Gasteiger charge is -2.42. The predicted molar refractivity (Wildman–Crippen MR) is 75.9 cm³/mol. The van der Waals surface area contributed by atoms with Crippen LogP contribution < -0.4 is 5.32 Å². The van der Waals surface area contributed by atoms with Crippen molar-refractivity contribution in [1.82, 2.24) is 10.2 Å². The van der Waals surface area contributed by atoms with Crippen molar-refractivity contribution in [3.8, 4) is 0 Å². The SMILES string of the molecule is CCC1C(=O)NC(C)(C)C(=O)N1Cc1ccc(C)s1. The molecule has 0 bridgehead atoms. The number of carbonyl (C=O) groups excluding carboxylic acids is 2. The van der Waals surface area contributed by atoms with Crippen LogP contribution in [0.1, 0.15) is 36.9 Å². The Balaban J connectivity index is 2.27. The maximum absolute atomic E-state index is 12.5. The summed E-state index contributed by atoms with van der Waals surface area (Å²) in [5.41, 5.74) is -0.810. The number of hydrogen-bond acceptors (Lipinski definition) is 3. The van der Waals surface area contributed by atoms with Crippen LogP contribution in [0.15, 0.2) is 12.1 Å². The van der Waals surface area contributed by atoms with Gasteiger partial charge in [-0.25, -0.2) is 0 Å². The molecule has 0 saturated carbocycles. The molecule has 0 aromatic carbocycles. The average Bonchev–Trinajstić information content (AvgIpc) is 2.71. The van der Waals surface area contributed by atoms with Gasteiger partial charge in [-0.3, -0.25) is 9.59 Å². The van der Waals surface area contributed by atoms with E-state index in [0.29, 0.717) is 13.0 Å². The molecule has 1 aliphatic rings. The van der Waals surface area contributed by atoms with E-state index in [0.717, 1.165) is 4.88 Å². The van der Waals surface area contributed by atoms with Gasteiger partial charge in [0.15, 0.2) is 0 Å². The fourth-order valence-electron chi connectivity index (χ4n) is 2.41. The number of rotatable bonds is 3. The van der Waals surface area contributed by atoms with Crippen molar-refractivity contribution < 1.29 is 9.59 Å². The second-order valence-corrected chi connectivity index (χ2v) is 6.86. The third-order valence-corrected chi connectivity index (χ3v) is 4.40. The second kappa shape index (κ2) is 4.96. The lowest BCUT2D eigenvalue weighted by atomic mass is 9.95. The highest BCUT2D eigenvalue weighted by molar-refractivity contribution is 7.11. The summed E-state index contributed by atoms with van der Waals surface area (Å²) in [7, 11) is 0. The van der Waals surface area contributed by atoms with E-state index < -0.39 is 5.54 Å². The van der Waals surface area contributed by atoms with Gasteiger partial charge in [-0.2, -0.15) is 0 Å². The van der Waals surface area contributed by atoms with Crippen LogP contribution in [-0.4, -0.2) is 28.3 Å². The van der Waals surface area contributed by atoms with Gasteiger partial charge in [0.2, 0.25) is 11.8 Å². The van der Waals surface area contributed by atoms with Crippen LogP contribution in [0.25, 0.3) is 0 Å². The summed E-state index contributed by atoms with van der Waals surface area (Å²) in [6.45, 7) is 8.01. The number of amides is 2. The summed E-state index contributed by atoms with van der Waals surface area (Å²) < 4.78 is 0. The standard InChI is InChI=1S/C14H20N2O2S/c1-5-11-12(17)15-14(3,4)13(18)16(11)8-10-7-6-9(2)19-10/h6-7,11H,5,8H2,1-4H3,(H,15,17). The van der Waals surface area contributed by atoms with E-state index in [1.165, 1.54) is 4.88 Å². The monoisotopic (exact) mass is 280 g/mol. The number of thiophene rings is 1. The Morgan fingerprint density at radius 2 is 2.05 bits per heavy atom. The van der Waals surface area contributed by atoms with Crippen molar-refractivity contribution in [2.24, 2.45) is 0 Å². The Hall–Kier alpha value is -1.36. The third kappa shape index (κ3) is 2.66. The lowest BCUT2D eigenvalue weighted by Crippen LogP contribution is -2.67. The summed E-state index contributed by atoms with van der Waals surface area (Å²) in [5.74, 6) is -0.0645. The van der Waals surface area contributed by atoms with E-state index in [4.69, 9.17) is 0 Å². The lowest BCUT2D eigenvalue weighted by molar-refractivity contribution is -0.154. The number of aryl methyl sites for hydroxylation is 1. The largest absolute Gasteiger partial charge is 0.340 e. The minimum absolute atomic E-state index is 0.00926. The summed E-state index contributed by atoms with van der Waals surface area (Å²) in [4.78, 5) is 28.6. The van der Waals surface area contributed by atoms with Crippen LogP contribution in [-0.2, 0) is 16.1 Å². The highest BCUT2D eigenvalue weighted by Gasteiger charge is 2.44. The molecular formula is C14H20N2O2S. The second-order valence-electron chi connectivity index (χ2n) is 5.48. The Kier molecular flexibility index (Phi) is 3.67.